The Morgan fingerprint density at radius 2 is 1.75 bits per heavy atom. The molecule has 1 aliphatic heterocycles. The van der Waals surface area contributed by atoms with Crippen LogP contribution in [0.1, 0.15) is 5.56 Å². The molecule has 1 heterocycles. The van der Waals surface area contributed by atoms with Gasteiger partial charge in [-0.05, 0) is 48.5 Å². The molecular weight excluding hydrogens is 494 g/mol. The Morgan fingerprint density at radius 1 is 1.07 bits per heavy atom. The van der Waals surface area contributed by atoms with Gasteiger partial charge >= 0.3 is 6.03 Å². The lowest BCUT2D eigenvalue weighted by Crippen LogP contribution is -2.54. The highest BCUT2D eigenvalue weighted by Gasteiger charge is 2.36. The minimum atomic E-state index is -0.829. The number of rotatable bonds is 4. The zero-order valence-electron chi connectivity index (χ0n) is 14.1. The van der Waals surface area contributed by atoms with Crippen LogP contribution in [0.2, 0.25) is 0 Å². The second-order valence-corrected chi connectivity index (χ2v) is 7.39. The van der Waals surface area contributed by atoms with Crippen LogP contribution in [0.4, 0.5) is 10.5 Å². The van der Waals surface area contributed by atoms with E-state index >= 15 is 0 Å². The normalized spacial score (nSPS) is 15.4. The fourth-order valence-electron chi connectivity index (χ4n) is 2.51. The summed E-state index contributed by atoms with van der Waals surface area (Å²) in [6.45, 7) is -0.193. The molecule has 2 aromatic rings. The molecule has 0 radical (unpaired) electrons. The van der Waals surface area contributed by atoms with E-state index in [1.165, 1.54) is 6.08 Å². The number of nitrogens with zero attached hydrogens (tertiary/aromatic N) is 2. The number of amides is 4. The number of benzene rings is 2. The Bertz CT molecular complexity index is 1040. The number of ether oxygens (including phenoxy) is 1. The SMILES string of the molecule is N#CCOc1ccc(Br)cc1/C=C1\C(=O)NC(=O)N(c2ccc(Br)cc2)C1=O. The van der Waals surface area contributed by atoms with Crippen LogP contribution in [0, 0.1) is 11.3 Å². The van der Waals surface area contributed by atoms with Crippen molar-refractivity contribution in [2.75, 3.05) is 11.5 Å². The van der Waals surface area contributed by atoms with Gasteiger partial charge in [-0.15, -0.1) is 0 Å². The van der Waals surface area contributed by atoms with Crippen LogP contribution in [-0.2, 0) is 9.59 Å². The molecule has 28 heavy (non-hydrogen) atoms. The lowest BCUT2D eigenvalue weighted by Gasteiger charge is -2.26. The highest BCUT2D eigenvalue weighted by Crippen LogP contribution is 2.28. The third-order valence-electron chi connectivity index (χ3n) is 3.75. The molecule has 0 bridgehead atoms. The molecule has 0 saturated carbocycles. The van der Waals surface area contributed by atoms with E-state index < -0.39 is 17.8 Å². The van der Waals surface area contributed by atoms with Crippen molar-refractivity contribution in [2.24, 2.45) is 0 Å². The summed E-state index contributed by atoms with van der Waals surface area (Å²) in [6, 6.07) is 12.5. The molecule has 140 valence electrons. The Labute approximate surface area is 176 Å². The number of nitriles is 1. The van der Waals surface area contributed by atoms with Crippen molar-refractivity contribution in [1.82, 2.24) is 5.32 Å². The van der Waals surface area contributed by atoms with Crippen LogP contribution < -0.4 is 15.0 Å². The quantitative estimate of drug-likeness (QED) is 0.504. The minimum Gasteiger partial charge on any atom is -0.478 e. The number of nitrogens with one attached hydrogen (secondary N) is 1. The van der Waals surface area contributed by atoms with E-state index in [1.807, 2.05) is 6.07 Å². The molecule has 0 aliphatic carbocycles. The maximum atomic E-state index is 12.9. The minimum absolute atomic E-state index is 0.193. The Kier molecular flexibility index (Phi) is 5.92. The highest BCUT2D eigenvalue weighted by atomic mass is 79.9. The zero-order valence-corrected chi connectivity index (χ0v) is 17.3. The van der Waals surface area contributed by atoms with E-state index in [4.69, 9.17) is 10.00 Å². The summed E-state index contributed by atoms with van der Waals surface area (Å²) in [6.07, 6.45) is 1.33. The number of halogens is 2. The van der Waals surface area contributed by atoms with Gasteiger partial charge in [-0.2, -0.15) is 5.26 Å². The second kappa shape index (κ2) is 8.37. The summed E-state index contributed by atoms with van der Waals surface area (Å²) < 4.78 is 6.81. The van der Waals surface area contributed by atoms with E-state index in [0.717, 1.165) is 9.37 Å². The number of urea groups is 1. The fourth-order valence-corrected chi connectivity index (χ4v) is 3.15. The Balaban J connectivity index is 2.03. The fraction of sp³-hybridized carbons (Fsp3) is 0.0526. The second-order valence-electron chi connectivity index (χ2n) is 5.56. The van der Waals surface area contributed by atoms with Crippen molar-refractivity contribution >= 4 is 61.5 Å². The summed E-state index contributed by atoms with van der Waals surface area (Å²) in [5.74, 6) is -1.25. The molecule has 1 fully saturated rings. The summed E-state index contributed by atoms with van der Waals surface area (Å²) in [5.41, 5.74) is 0.495. The highest BCUT2D eigenvalue weighted by molar-refractivity contribution is 9.10. The Morgan fingerprint density at radius 3 is 2.43 bits per heavy atom. The molecule has 1 N–H and O–H groups in total. The largest absolute Gasteiger partial charge is 0.478 e. The monoisotopic (exact) mass is 503 g/mol. The van der Waals surface area contributed by atoms with Crippen LogP contribution in [0.5, 0.6) is 5.75 Å². The average molecular weight is 505 g/mol. The number of hydrogen-bond donors (Lipinski definition) is 1. The van der Waals surface area contributed by atoms with E-state index in [-0.39, 0.29) is 12.2 Å². The third kappa shape index (κ3) is 4.13. The molecule has 1 saturated heterocycles. The average Bonchev–Trinajstić information content (AvgIpc) is 2.66. The summed E-state index contributed by atoms with van der Waals surface area (Å²) in [7, 11) is 0. The van der Waals surface area contributed by atoms with Gasteiger partial charge in [0.25, 0.3) is 11.8 Å². The number of imide groups is 2. The van der Waals surface area contributed by atoms with Crippen LogP contribution >= 0.6 is 31.9 Å². The van der Waals surface area contributed by atoms with Crippen molar-refractivity contribution in [3.8, 4) is 11.8 Å². The lowest BCUT2D eigenvalue weighted by atomic mass is 10.1. The molecule has 0 aromatic heterocycles. The van der Waals surface area contributed by atoms with Gasteiger partial charge in [0.15, 0.2) is 6.61 Å². The summed E-state index contributed by atoms with van der Waals surface area (Å²) in [4.78, 5) is 38.3. The van der Waals surface area contributed by atoms with Crippen molar-refractivity contribution < 1.29 is 19.1 Å². The van der Waals surface area contributed by atoms with Gasteiger partial charge in [0, 0.05) is 14.5 Å². The predicted molar refractivity (Wildman–Crippen MR) is 108 cm³/mol. The molecule has 0 spiro atoms. The van der Waals surface area contributed by atoms with Gasteiger partial charge in [0.1, 0.15) is 17.4 Å². The van der Waals surface area contributed by atoms with Crippen molar-refractivity contribution in [3.63, 3.8) is 0 Å². The first-order valence-corrected chi connectivity index (χ1v) is 9.45. The van der Waals surface area contributed by atoms with E-state index in [1.54, 1.807) is 42.5 Å². The third-order valence-corrected chi connectivity index (χ3v) is 4.77. The van der Waals surface area contributed by atoms with Gasteiger partial charge < -0.3 is 4.74 Å². The van der Waals surface area contributed by atoms with E-state index in [2.05, 4.69) is 37.2 Å². The lowest BCUT2D eigenvalue weighted by molar-refractivity contribution is -0.122. The Hall–Kier alpha value is -2.96. The van der Waals surface area contributed by atoms with E-state index in [0.29, 0.717) is 21.5 Å². The first-order chi connectivity index (χ1) is 13.4. The zero-order chi connectivity index (χ0) is 20.3. The molecule has 2 aromatic carbocycles. The summed E-state index contributed by atoms with van der Waals surface area (Å²) >= 11 is 6.61. The molecule has 7 nitrogen and oxygen atoms in total. The predicted octanol–water partition coefficient (Wildman–Crippen LogP) is 3.78. The number of carbonyl (C=O) groups excluding carboxylic acids is 3. The van der Waals surface area contributed by atoms with Gasteiger partial charge in [-0.3, -0.25) is 14.9 Å². The first-order valence-electron chi connectivity index (χ1n) is 7.87. The molecular formula is C19H11Br2N3O4. The molecule has 0 atom stereocenters. The van der Waals surface area contributed by atoms with Crippen molar-refractivity contribution in [1.29, 1.82) is 5.26 Å². The van der Waals surface area contributed by atoms with Gasteiger partial charge in [0.2, 0.25) is 0 Å². The molecule has 0 unspecified atom stereocenters. The maximum absolute atomic E-state index is 12.9. The van der Waals surface area contributed by atoms with E-state index in [9.17, 15) is 14.4 Å². The van der Waals surface area contributed by atoms with Crippen LogP contribution in [-0.4, -0.2) is 24.5 Å². The van der Waals surface area contributed by atoms with Crippen molar-refractivity contribution in [3.05, 3.63) is 62.5 Å². The van der Waals surface area contributed by atoms with Gasteiger partial charge in [-0.1, -0.05) is 31.9 Å². The molecule has 9 heteroatoms. The number of anilines is 1. The van der Waals surface area contributed by atoms with Gasteiger partial charge in [0.05, 0.1) is 5.69 Å². The topological polar surface area (TPSA) is 99.5 Å². The molecule has 1 aliphatic rings. The van der Waals surface area contributed by atoms with Crippen LogP contribution in [0.3, 0.4) is 0 Å². The molecule has 4 amide bonds. The standard InChI is InChI=1S/C19H11Br2N3O4/c20-12-1-4-14(5-2-12)24-18(26)15(17(25)23-19(24)27)10-11-9-13(21)3-6-16(11)28-8-7-22/h1-6,9-10H,8H2,(H,23,25,27)/b15-10+. The van der Waals surface area contributed by atoms with Crippen LogP contribution in [0.15, 0.2) is 57.0 Å². The summed E-state index contributed by atoms with van der Waals surface area (Å²) in [5, 5.41) is 10.9. The number of hydrogen-bond acceptors (Lipinski definition) is 5. The first kappa shape index (κ1) is 19.8. The van der Waals surface area contributed by atoms with Crippen LogP contribution in [0.25, 0.3) is 6.08 Å². The number of barbiturate groups is 1. The van der Waals surface area contributed by atoms with Crippen molar-refractivity contribution in [2.45, 2.75) is 0 Å². The van der Waals surface area contributed by atoms with Gasteiger partial charge in [-0.25, -0.2) is 9.69 Å². The smallest absolute Gasteiger partial charge is 0.335 e. The molecule has 3 rings (SSSR count). The number of carbonyl (C=O) groups is 3. The maximum Gasteiger partial charge on any atom is 0.335 e.